The van der Waals surface area contributed by atoms with Gasteiger partial charge in [-0.3, -0.25) is 5.10 Å². The SMILES string of the molecule is Cc1n[nH]c(C)c1CCNCCCN(C)C. The van der Waals surface area contributed by atoms with Crippen molar-refractivity contribution in [1.29, 1.82) is 0 Å². The first-order valence-corrected chi connectivity index (χ1v) is 5.97. The number of nitrogens with zero attached hydrogens (tertiary/aromatic N) is 2. The van der Waals surface area contributed by atoms with Crippen LogP contribution in [-0.4, -0.2) is 48.8 Å². The molecule has 0 saturated carbocycles. The number of aromatic nitrogens is 2. The zero-order valence-electron chi connectivity index (χ0n) is 10.9. The Kier molecular flexibility index (Phi) is 5.49. The van der Waals surface area contributed by atoms with Crippen molar-refractivity contribution in [2.24, 2.45) is 0 Å². The number of aryl methyl sites for hydroxylation is 2. The molecule has 0 aliphatic heterocycles. The molecule has 0 spiro atoms. The molecular weight excluding hydrogens is 200 g/mol. The summed E-state index contributed by atoms with van der Waals surface area (Å²) in [5, 5.41) is 10.7. The number of H-pyrrole nitrogens is 1. The van der Waals surface area contributed by atoms with E-state index in [4.69, 9.17) is 0 Å². The van der Waals surface area contributed by atoms with Gasteiger partial charge in [-0.15, -0.1) is 0 Å². The summed E-state index contributed by atoms with van der Waals surface area (Å²) >= 11 is 0. The number of hydrogen-bond acceptors (Lipinski definition) is 3. The Bertz CT molecular complexity index is 284. The molecule has 0 unspecified atom stereocenters. The van der Waals surface area contributed by atoms with Crippen LogP contribution in [-0.2, 0) is 6.42 Å². The predicted molar refractivity (Wildman–Crippen MR) is 67.8 cm³/mol. The van der Waals surface area contributed by atoms with Crippen molar-refractivity contribution < 1.29 is 0 Å². The first-order chi connectivity index (χ1) is 7.61. The van der Waals surface area contributed by atoms with E-state index in [-0.39, 0.29) is 0 Å². The van der Waals surface area contributed by atoms with Crippen LogP contribution in [0.5, 0.6) is 0 Å². The van der Waals surface area contributed by atoms with Gasteiger partial charge in [0, 0.05) is 5.69 Å². The molecule has 1 rings (SSSR count). The van der Waals surface area contributed by atoms with Crippen LogP contribution in [0.4, 0.5) is 0 Å². The summed E-state index contributed by atoms with van der Waals surface area (Å²) in [6, 6.07) is 0. The molecule has 4 nitrogen and oxygen atoms in total. The molecule has 1 heterocycles. The summed E-state index contributed by atoms with van der Waals surface area (Å²) in [7, 11) is 4.22. The fourth-order valence-electron chi connectivity index (χ4n) is 1.80. The Morgan fingerprint density at radius 3 is 2.56 bits per heavy atom. The molecule has 0 saturated heterocycles. The van der Waals surface area contributed by atoms with Crippen LogP contribution >= 0.6 is 0 Å². The lowest BCUT2D eigenvalue weighted by Gasteiger charge is -2.09. The fraction of sp³-hybridized carbons (Fsp3) is 0.750. The lowest BCUT2D eigenvalue weighted by atomic mass is 10.1. The second-order valence-corrected chi connectivity index (χ2v) is 4.57. The molecule has 1 aromatic rings. The minimum Gasteiger partial charge on any atom is -0.316 e. The van der Waals surface area contributed by atoms with E-state index in [1.54, 1.807) is 0 Å². The summed E-state index contributed by atoms with van der Waals surface area (Å²) in [5.41, 5.74) is 3.69. The van der Waals surface area contributed by atoms with Gasteiger partial charge in [0.25, 0.3) is 0 Å². The molecular formula is C12H24N4. The van der Waals surface area contributed by atoms with Crippen molar-refractivity contribution in [3.63, 3.8) is 0 Å². The monoisotopic (exact) mass is 224 g/mol. The van der Waals surface area contributed by atoms with E-state index in [0.717, 1.165) is 31.7 Å². The third-order valence-corrected chi connectivity index (χ3v) is 2.79. The molecule has 16 heavy (non-hydrogen) atoms. The molecule has 0 aromatic carbocycles. The highest BCUT2D eigenvalue weighted by molar-refractivity contribution is 5.23. The van der Waals surface area contributed by atoms with Crippen LogP contribution in [0.1, 0.15) is 23.4 Å². The quantitative estimate of drug-likeness (QED) is 0.682. The molecule has 92 valence electrons. The molecule has 0 aliphatic rings. The van der Waals surface area contributed by atoms with E-state index in [1.807, 2.05) is 0 Å². The average Bonchev–Trinajstić information content (AvgIpc) is 2.53. The van der Waals surface area contributed by atoms with Crippen LogP contribution in [0.3, 0.4) is 0 Å². The molecule has 0 atom stereocenters. The fourth-order valence-corrected chi connectivity index (χ4v) is 1.80. The Morgan fingerprint density at radius 1 is 1.25 bits per heavy atom. The minimum atomic E-state index is 1.04. The highest BCUT2D eigenvalue weighted by Gasteiger charge is 2.04. The zero-order chi connectivity index (χ0) is 12.0. The molecule has 0 radical (unpaired) electrons. The number of aromatic amines is 1. The summed E-state index contributed by atoms with van der Waals surface area (Å²) in [4.78, 5) is 2.21. The summed E-state index contributed by atoms with van der Waals surface area (Å²) in [6.07, 6.45) is 2.27. The van der Waals surface area contributed by atoms with E-state index in [2.05, 4.69) is 48.4 Å². The van der Waals surface area contributed by atoms with Crippen LogP contribution in [0, 0.1) is 13.8 Å². The van der Waals surface area contributed by atoms with E-state index in [1.165, 1.54) is 17.7 Å². The van der Waals surface area contributed by atoms with Crippen LogP contribution < -0.4 is 5.32 Å². The van der Waals surface area contributed by atoms with Crippen molar-refractivity contribution in [3.8, 4) is 0 Å². The van der Waals surface area contributed by atoms with Crippen molar-refractivity contribution in [2.75, 3.05) is 33.7 Å². The third-order valence-electron chi connectivity index (χ3n) is 2.79. The zero-order valence-corrected chi connectivity index (χ0v) is 10.9. The van der Waals surface area contributed by atoms with E-state index >= 15 is 0 Å². The van der Waals surface area contributed by atoms with E-state index in [9.17, 15) is 0 Å². The smallest absolute Gasteiger partial charge is 0.0626 e. The van der Waals surface area contributed by atoms with Gasteiger partial charge < -0.3 is 10.2 Å². The largest absolute Gasteiger partial charge is 0.316 e. The normalized spacial score (nSPS) is 11.3. The molecule has 0 aliphatic carbocycles. The first kappa shape index (κ1) is 13.2. The van der Waals surface area contributed by atoms with Gasteiger partial charge in [0.05, 0.1) is 5.69 Å². The van der Waals surface area contributed by atoms with Gasteiger partial charge in [0.2, 0.25) is 0 Å². The number of nitrogens with one attached hydrogen (secondary N) is 2. The second kappa shape index (κ2) is 6.66. The Balaban J connectivity index is 2.12. The summed E-state index contributed by atoms with van der Waals surface area (Å²) in [6.45, 7) is 7.42. The summed E-state index contributed by atoms with van der Waals surface area (Å²) < 4.78 is 0. The second-order valence-electron chi connectivity index (χ2n) is 4.57. The van der Waals surface area contributed by atoms with Gasteiger partial charge in [-0.2, -0.15) is 5.10 Å². The maximum atomic E-state index is 4.19. The molecule has 0 amide bonds. The third kappa shape index (κ3) is 4.33. The molecule has 2 N–H and O–H groups in total. The van der Waals surface area contributed by atoms with Gasteiger partial charge in [0.15, 0.2) is 0 Å². The Labute approximate surface area is 98.4 Å². The van der Waals surface area contributed by atoms with E-state index < -0.39 is 0 Å². The standard InChI is InChI=1S/C12H24N4/c1-10-12(11(2)15-14-10)6-8-13-7-5-9-16(3)4/h13H,5-9H2,1-4H3,(H,14,15). The summed E-state index contributed by atoms with van der Waals surface area (Å²) in [5.74, 6) is 0. The highest BCUT2D eigenvalue weighted by atomic mass is 15.1. The van der Waals surface area contributed by atoms with Gasteiger partial charge >= 0.3 is 0 Å². The van der Waals surface area contributed by atoms with Gasteiger partial charge in [-0.1, -0.05) is 0 Å². The lowest BCUT2D eigenvalue weighted by molar-refractivity contribution is 0.395. The molecule has 1 aromatic heterocycles. The van der Waals surface area contributed by atoms with Gasteiger partial charge in [-0.05, 0) is 66.0 Å². The predicted octanol–water partition coefficient (Wildman–Crippen LogP) is 1.11. The van der Waals surface area contributed by atoms with Crippen molar-refractivity contribution in [1.82, 2.24) is 20.4 Å². The Hall–Kier alpha value is -0.870. The van der Waals surface area contributed by atoms with E-state index in [0.29, 0.717) is 0 Å². The maximum Gasteiger partial charge on any atom is 0.0626 e. The number of hydrogen-bond donors (Lipinski definition) is 2. The maximum absolute atomic E-state index is 4.19. The molecule has 0 fully saturated rings. The average molecular weight is 224 g/mol. The number of rotatable bonds is 7. The van der Waals surface area contributed by atoms with Crippen molar-refractivity contribution in [3.05, 3.63) is 17.0 Å². The van der Waals surface area contributed by atoms with Crippen LogP contribution in [0.15, 0.2) is 0 Å². The minimum absolute atomic E-state index is 1.04. The first-order valence-electron chi connectivity index (χ1n) is 5.97. The van der Waals surface area contributed by atoms with Crippen LogP contribution in [0.2, 0.25) is 0 Å². The van der Waals surface area contributed by atoms with Gasteiger partial charge in [-0.25, -0.2) is 0 Å². The lowest BCUT2D eigenvalue weighted by Crippen LogP contribution is -2.23. The van der Waals surface area contributed by atoms with Gasteiger partial charge in [0.1, 0.15) is 0 Å². The highest BCUT2D eigenvalue weighted by Crippen LogP contribution is 2.08. The van der Waals surface area contributed by atoms with Crippen molar-refractivity contribution in [2.45, 2.75) is 26.7 Å². The van der Waals surface area contributed by atoms with Crippen LogP contribution in [0.25, 0.3) is 0 Å². The molecule has 0 bridgehead atoms. The molecule has 4 heteroatoms. The topological polar surface area (TPSA) is 44.0 Å². The van der Waals surface area contributed by atoms with Crippen molar-refractivity contribution >= 4 is 0 Å². The Morgan fingerprint density at radius 2 is 2.00 bits per heavy atom.